The van der Waals surface area contributed by atoms with Crippen molar-refractivity contribution >= 4 is 23.2 Å². The molecule has 2 unspecified atom stereocenters. The molecule has 1 aliphatic heterocycles. The van der Waals surface area contributed by atoms with Crippen LogP contribution in [0.3, 0.4) is 0 Å². The Hall–Kier alpha value is -1.36. The van der Waals surface area contributed by atoms with Gasteiger partial charge in [0.05, 0.1) is 5.92 Å². The third-order valence-corrected chi connectivity index (χ3v) is 4.68. The lowest BCUT2D eigenvalue weighted by molar-refractivity contribution is -0.148. The fraction of sp³-hybridized carbons (Fsp3) is 0.571. The van der Waals surface area contributed by atoms with E-state index in [2.05, 4.69) is 0 Å². The SMILES string of the molecule is CC1CN(C(=O)CCc2cccs2)CCC1C(=O)O. The molecule has 0 spiro atoms. The van der Waals surface area contributed by atoms with E-state index in [1.54, 1.807) is 11.3 Å². The molecule has 0 saturated carbocycles. The van der Waals surface area contributed by atoms with Gasteiger partial charge in [0.25, 0.3) is 0 Å². The summed E-state index contributed by atoms with van der Waals surface area (Å²) in [4.78, 5) is 26.2. The number of nitrogens with zero attached hydrogens (tertiary/aromatic N) is 1. The van der Waals surface area contributed by atoms with E-state index in [4.69, 9.17) is 5.11 Å². The Balaban J connectivity index is 1.82. The zero-order valence-electron chi connectivity index (χ0n) is 11.0. The van der Waals surface area contributed by atoms with Gasteiger partial charge in [-0.3, -0.25) is 9.59 Å². The maximum Gasteiger partial charge on any atom is 0.306 e. The van der Waals surface area contributed by atoms with Crippen LogP contribution >= 0.6 is 11.3 Å². The van der Waals surface area contributed by atoms with Gasteiger partial charge in [-0.05, 0) is 30.2 Å². The maximum atomic E-state index is 12.1. The van der Waals surface area contributed by atoms with Gasteiger partial charge in [0.2, 0.25) is 5.91 Å². The summed E-state index contributed by atoms with van der Waals surface area (Å²) < 4.78 is 0. The second kappa shape index (κ2) is 6.19. The van der Waals surface area contributed by atoms with Crippen molar-refractivity contribution < 1.29 is 14.7 Å². The summed E-state index contributed by atoms with van der Waals surface area (Å²) in [5, 5.41) is 11.1. The van der Waals surface area contributed by atoms with E-state index in [0.717, 1.165) is 6.42 Å². The predicted molar refractivity (Wildman–Crippen MR) is 74.1 cm³/mol. The number of carbonyl (C=O) groups excluding carboxylic acids is 1. The second-order valence-corrected chi connectivity index (χ2v) is 6.16. The Morgan fingerprint density at radius 2 is 2.32 bits per heavy atom. The van der Waals surface area contributed by atoms with Gasteiger partial charge in [-0.1, -0.05) is 13.0 Å². The van der Waals surface area contributed by atoms with Crippen molar-refractivity contribution in [2.45, 2.75) is 26.2 Å². The first-order chi connectivity index (χ1) is 9.08. The number of piperidine rings is 1. The fourth-order valence-corrected chi connectivity index (χ4v) is 3.29. The first-order valence-electron chi connectivity index (χ1n) is 6.61. The number of amides is 1. The molecule has 1 amide bonds. The monoisotopic (exact) mass is 281 g/mol. The Morgan fingerprint density at radius 1 is 1.53 bits per heavy atom. The topological polar surface area (TPSA) is 57.6 Å². The van der Waals surface area contributed by atoms with Crippen LogP contribution in [0.15, 0.2) is 17.5 Å². The zero-order chi connectivity index (χ0) is 13.8. The Kier molecular flexibility index (Phi) is 4.58. The van der Waals surface area contributed by atoms with Crippen LogP contribution in [0.25, 0.3) is 0 Å². The van der Waals surface area contributed by atoms with Gasteiger partial charge >= 0.3 is 5.97 Å². The van der Waals surface area contributed by atoms with Gasteiger partial charge in [-0.15, -0.1) is 11.3 Å². The molecule has 0 aliphatic carbocycles. The Labute approximate surface area is 117 Å². The minimum absolute atomic E-state index is 0.0388. The number of carboxylic acids is 1. The highest BCUT2D eigenvalue weighted by Gasteiger charge is 2.32. The third kappa shape index (κ3) is 3.56. The van der Waals surface area contributed by atoms with Gasteiger partial charge in [-0.2, -0.15) is 0 Å². The van der Waals surface area contributed by atoms with Gasteiger partial charge in [-0.25, -0.2) is 0 Å². The van der Waals surface area contributed by atoms with Gasteiger partial charge < -0.3 is 10.0 Å². The number of hydrogen-bond acceptors (Lipinski definition) is 3. The van der Waals surface area contributed by atoms with E-state index < -0.39 is 5.97 Å². The molecular formula is C14H19NO3S. The number of hydrogen-bond donors (Lipinski definition) is 1. The summed E-state index contributed by atoms with van der Waals surface area (Å²) in [6.07, 6.45) is 1.87. The molecule has 2 rings (SSSR count). The van der Waals surface area contributed by atoms with E-state index in [9.17, 15) is 9.59 Å². The van der Waals surface area contributed by atoms with Crippen molar-refractivity contribution in [3.63, 3.8) is 0 Å². The first-order valence-corrected chi connectivity index (χ1v) is 7.49. The van der Waals surface area contributed by atoms with E-state index in [0.29, 0.717) is 25.9 Å². The molecule has 1 aromatic heterocycles. The molecule has 1 aromatic rings. The van der Waals surface area contributed by atoms with Crippen LogP contribution in [0.1, 0.15) is 24.6 Å². The fourth-order valence-electron chi connectivity index (χ4n) is 2.58. The van der Waals surface area contributed by atoms with E-state index in [1.807, 2.05) is 29.3 Å². The molecule has 1 fully saturated rings. The first kappa shape index (κ1) is 14.1. The summed E-state index contributed by atoms with van der Waals surface area (Å²) in [5.41, 5.74) is 0. The van der Waals surface area contributed by atoms with Crippen LogP contribution in [-0.2, 0) is 16.0 Å². The van der Waals surface area contributed by atoms with Crippen LogP contribution in [-0.4, -0.2) is 35.0 Å². The number of aliphatic carboxylic acids is 1. The van der Waals surface area contributed by atoms with Crippen LogP contribution in [0, 0.1) is 11.8 Å². The average molecular weight is 281 g/mol. The lowest BCUT2D eigenvalue weighted by atomic mass is 9.87. The molecule has 5 heteroatoms. The normalized spacial score (nSPS) is 23.3. The summed E-state index contributed by atoms with van der Waals surface area (Å²) in [5.74, 6) is -0.861. The summed E-state index contributed by atoms with van der Waals surface area (Å²) >= 11 is 1.67. The molecule has 19 heavy (non-hydrogen) atoms. The van der Waals surface area contributed by atoms with E-state index in [1.165, 1.54) is 4.88 Å². The van der Waals surface area contributed by atoms with Gasteiger partial charge in [0.1, 0.15) is 0 Å². The Bertz CT molecular complexity index is 444. The predicted octanol–water partition coefficient (Wildman–Crippen LogP) is 2.25. The summed E-state index contributed by atoms with van der Waals surface area (Å²) in [7, 11) is 0. The maximum absolute atomic E-state index is 12.1. The molecule has 0 bridgehead atoms. The number of aryl methyl sites for hydroxylation is 1. The molecule has 1 aliphatic rings. The Morgan fingerprint density at radius 3 is 2.89 bits per heavy atom. The lowest BCUT2D eigenvalue weighted by Gasteiger charge is -2.35. The molecule has 2 atom stereocenters. The number of carbonyl (C=O) groups is 2. The van der Waals surface area contributed by atoms with Crippen molar-refractivity contribution in [1.82, 2.24) is 4.90 Å². The minimum Gasteiger partial charge on any atom is -0.481 e. The van der Waals surface area contributed by atoms with Gasteiger partial charge in [0.15, 0.2) is 0 Å². The summed E-state index contributed by atoms with van der Waals surface area (Å²) in [6, 6.07) is 4.03. The van der Waals surface area contributed by atoms with E-state index in [-0.39, 0.29) is 17.7 Å². The van der Waals surface area contributed by atoms with E-state index >= 15 is 0 Å². The number of likely N-dealkylation sites (tertiary alicyclic amines) is 1. The van der Waals surface area contributed by atoms with Crippen LogP contribution in [0.2, 0.25) is 0 Å². The highest BCUT2D eigenvalue weighted by atomic mass is 32.1. The largest absolute Gasteiger partial charge is 0.481 e. The van der Waals surface area contributed by atoms with Crippen LogP contribution in [0.5, 0.6) is 0 Å². The zero-order valence-corrected chi connectivity index (χ0v) is 11.9. The van der Waals surface area contributed by atoms with Crippen molar-refractivity contribution in [3.05, 3.63) is 22.4 Å². The number of carboxylic acid groups (broad SMARTS) is 1. The molecule has 104 valence electrons. The molecular weight excluding hydrogens is 262 g/mol. The highest BCUT2D eigenvalue weighted by molar-refractivity contribution is 7.09. The highest BCUT2D eigenvalue weighted by Crippen LogP contribution is 2.24. The molecule has 1 N–H and O–H groups in total. The molecule has 2 heterocycles. The van der Waals surface area contributed by atoms with Crippen molar-refractivity contribution in [1.29, 1.82) is 0 Å². The molecule has 0 radical (unpaired) electrons. The van der Waals surface area contributed by atoms with Crippen molar-refractivity contribution in [2.75, 3.05) is 13.1 Å². The molecule has 1 saturated heterocycles. The van der Waals surface area contributed by atoms with Gasteiger partial charge in [0, 0.05) is 24.4 Å². The molecule has 4 nitrogen and oxygen atoms in total. The smallest absolute Gasteiger partial charge is 0.306 e. The quantitative estimate of drug-likeness (QED) is 0.921. The minimum atomic E-state index is -0.738. The van der Waals surface area contributed by atoms with Crippen molar-refractivity contribution in [3.8, 4) is 0 Å². The van der Waals surface area contributed by atoms with Crippen LogP contribution in [0.4, 0.5) is 0 Å². The average Bonchev–Trinajstić information content (AvgIpc) is 2.88. The second-order valence-electron chi connectivity index (χ2n) is 5.13. The molecule has 0 aromatic carbocycles. The lowest BCUT2D eigenvalue weighted by Crippen LogP contribution is -2.45. The third-order valence-electron chi connectivity index (χ3n) is 3.74. The number of thiophene rings is 1. The van der Waals surface area contributed by atoms with Crippen LogP contribution < -0.4 is 0 Å². The van der Waals surface area contributed by atoms with Crippen molar-refractivity contribution in [2.24, 2.45) is 11.8 Å². The standard InChI is InChI=1S/C14H19NO3S/c1-10-9-15(7-6-12(10)14(17)18)13(16)5-4-11-3-2-8-19-11/h2-3,8,10,12H,4-7,9H2,1H3,(H,17,18). The summed E-state index contributed by atoms with van der Waals surface area (Å²) in [6.45, 7) is 3.06. The number of rotatable bonds is 4.